The van der Waals surface area contributed by atoms with Crippen LogP contribution in [0.4, 0.5) is 0 Å². The van der Waals surface area contributed by atoms with Crippen LogP contribution in [-0.4, -0.2) is 13.1 Å². The van der Waals surface area contributed by atoms with E-state index in [1.54, 1.807) is 0 Å². The molecule has 1 N–H and O–H groups in total. The van der Waals surface area contributed by atoms with Crippen molar-refractivity contribution in [1.82, 2.24) is 5.32 Å². The van der Waals surface area contributed by atoms with E-state index in [0.29, 0.717) is 0 Å². The minimum atomic E-state index is 0.829. The van der Waals surface area contributed by atoms with Gasteiger partial charge in [0.05, 0.1) is 0 Å². The van der Waals surface area contributed by atoms with Crippen molar-refractivity contribution in [3.63, 3.8) is 0 Å². The molecule has 0 aliphatic heterocycles. The van der Waals surface area contributed by atoms with Gasteiger partial charge in [-0.15, -0.1) is 0 Å². The average molecular weight is 245 g/mol. The van der Waals surface area contributed by atoms with Gasteiger partial charge < -0.3 is 5.32 Å². The fourth-order valence-electron chi connectivity index (χ4n) is 3.19. The summed E-state index contributed by atoms with van der Waals surface area (Å²) in [5.74, 6) is 1.78. The van der Waals surface area contributed by atoms with Crippen molar-refractivity contribution in [3.05, 3.63) is 35.4 Å². The smallest absolute Gasteiger partial charge is 0.00148 e. The van der Waals surface area contributed by atoms with E-state index in [4.69, 9.17) is 0 Å². The zero-order valence-corrected chi connectivity index (χ0v) is 11.9. The molecule has 1 aromatic carbocycles. The molecule has 0 heterocycles. The maximum atomic E-state index is 3.56. The predicted octanol–water partition coefficient (Wildman–Crippen LogP) is 3.95. The van der Waals surface area contributed by atoms with Crippen LogP contribution in [-0.2, 0) is 6.42 Å². The Morgan fingerprint density at radius 3 is 2.44 bits per heavy atom. The summed E-state index contributed by atoms with van der Waals surface area (Å²) in [4.78, 5) is 0. The summed E-state index contributed by atoms with van der Waals surface area (Å²) in [6, 6.07) is 9.11. The molecule has 1 aliphatic rings. The predicted molar refractivity (Wildman–Crippen MR) is 78.9 cm³/mol. The molecular formula is C17H27N. The number of rotatable bonds is 6. The maximum absolute atomic E-state index is 3.56. The first-order valence-electron chi connectivity index (χ1n) is 7.56. The third-order valence-electron chi connectivity index (χ3n) is 4.34. The van der Waals surface area contributed by atoms with Gasteiger partial charge in [0.2, 0.25) is 0 Å². The first kappa shape index (κ1) is 13.6. The normalized spacial score (nSPS) is 18.1. The lowest BCUT2D eigenvalue weighted by atomic mass is 9.85. The van der Waals surface area contributed by atoms with Crippen molar-refractivity contribution < 1.29 is 0 Å². The van der Waals surface area contributed by atoms with Crippen LogP contribution in [0.15, 0.2) is 24.3 Å². The second-order valence-corrected chi connectivity index (χ2v) is 5.80. The van der Waals surface area contributed by atoms with Gasteiger partial charge in [-0.25, -0.2) is 0 Å². The van der Waals surface area contributed by atoms with Crippen molar-refractivity contribution in [3.8, 4) is 0 Å². The van der Waals surface area contributed by atoms with Crippen molar-refractivity contribution >= 4 is 0 Å². The van der Waals surface area contributed by atoms with Crippen molar-refractivity contribution in [2.75, 3.05) is 13.1 Å². The highest BCUT2D eigenvalue weighted by Gasteiger charge is 2.24. The molecule has 1 saturated carbocycles. The van der Waals surface area contributed by atoms with Crippen LogP contribution >= 0.6 is 0 Å². The molecule has 0 aromatic heterocycles. The summed E-state index contributed by atoms with van der Waals surface area (Å²) in [5, 5.41) is 3.56. The average Bonchev–Trinajstić information content (AvgIpc) is 2.90. The maximum Gasteiger partial charge on any atom is -0.00148 e. The molecule has 1 heteroatoms. The van der Waals surface area contributed by atoms with Crippen LogP contribution in [0.5, 0.6) is 0 Å². The van der Waals surface area contributed by atoms with E-state index in [1.165, 1.54) is 49.8 Å². The van der Waals surface area contributed by atoms with Crippen LogP contribution < -0.4 is 5.32 Å². The molecular weight excluding hydrogens is 218 g/mol. The van der Waals surface area contributed by atoms with Gasteiger partial charge in [-0.1, -0.05) is 62.4 Å². The molecule has 2 rings (SSSR count). The summed E-state index contributed by atoms with van der Waals surface area (Å²) < 4.78 is 0. The highest BCUT2D eigenvalue weighted by molar-refractivity contribution is 5.21. The molecule has 1 aliphatic carbocycles. The Labute approximate surface area is 112 Å². The topological polar surface area (TPSA) is 12.0 Å². The van der Waals surface area contributed by atoms with Crippen LogP contribution in [0.2, 0.25) is 0 Å². The lowest BCUT2D eigenvalue weighted by Crippen LogP contribution is -2.28. The van der Waals surface area contributed by atoms with Gasteiger partial charge in [0.15, 0.2) is 0 Å². The largest absolute Gasteiger partial charge is 0.317 e. The summed E-state index contributed by atoms with van der Waals surface area (Å²) >= 11 is 0. The molecule has 0 bridgehead atoms. The minimum Gasteiger partial charge on any atom is -0.317 e. The minimum absolute atomic E-state index is 0.829. The van der Waals surface area contributed by atoms with E-state index in [1.807, 2.05) is 0 Å². The summed E-state index contributed by atoms with van der Waals surface area (Å²) in [6.45, 7) is 6.65. The van der Waals surface area contributed by atoms with E-state index in [9.17, 15) is 0 Å². The van der Waals surface area contributed by atoms with Crippen LogP contribution in [0.1, 0.15) is 43.7 Å². The van der Waals surface area contributed by atoms with Gasteiger partial charge in [-0.05, 0) is 43.8 Å². The molecule has 0 saturated heterocycles. The van der Waals surface area contributed by atoms with E-state index in [-0.39, 0.29) is 0 Å². The zero-order chi connectivity index (χ0) is 12.8. The molecule has 1 nitrogen and oxygen atoms in total. The van der Waals surface area contributed by atoms with E-state index in [0.717, 1.165) is 18.4 Å². The van der Waals surface area contributed by atoms with E-state index < -0.39 is 0 Å². The molecule has 0 radical (unpaired) electrons. The van der Waals surface area contributed by atoms with Crippen molar-refractivity contribution in [2.24, 2.45) is 11.8 Å². The molecule has 1 aromatic rings. The highest BCUT2D eigenvalue weighted by atomic mass is 14.8. The third-order valence-corrected chi connectivity index (χ3v) is 4.34. The summed E-state index contributed by atoms with van der Waals surface area (Å²) in [7, 11) is 0. The second-order valence-electron chi connectivity index (χ2n) is 5.80. The molecule has 0 amide bonds. The Morgan fingerprint density at radius 2 is 1.83 bits per heavy atom. The monoisotopic (exact) mass is 245 g/mol. The second kappa shape index (κ2) is 6.94. The van der Waals surface area contributed by atoms with E-state index in [2.05, 4.69) is 43.4 Å². The molecule has 18 heavy (non-hydrogen) atoms. The Kier molecular flexibility index (Phi) is 5.25. The van der Waals surface area contributed by atoms with Gasteiger partial charge in [0.25, 0.3) is 0 Å². The SMILES string of the molecule is CCNCC(Cc1ccc(C)cc1)C1CCCC1. The van der Waals surface area contributed by atoms with Gasteiger partial charge in [-0.2, -0.15) is 0 Å². The van der Waals surface area contributed by atoms with Gasteiger partial charge in [0, 0.05) is 0 Å². The molecule has 100 valence electrons. The zero-order valence-electron chi connectivity index (χ0n) is 11.9. The number of aryl methyl sites for hydroxylation is 1. The molecule has 1 fully saturated rings. The fraction of sp³-hybridized carbons (Fsp3) is 0.647. The first-order chi connectivity index (χ1) is 8.79. The van der Waals surface area contributed by atoms with Crippen LogP contribution in [0.25, 0.3) is 0 Å². The fourth-order valence-corrected chi connectivity index (χ4v) is 3.19. The number of benzene rings is 1. The van der Waals surface area contributed by atoms with Gasteiger partial charge in [-0.3, -0.25) is 0 Å². The quantitative estimate of drug-likeness (QED) is 0.800. The summed E-state index contributed by atoms with van der Waals surface area (Å²) in [5.41, 5.74) is 2.87. The van der Waals surface area contributed by atoms with Crippen LogP contribution in [0, 0.1) is 18.8 Å². The standard InChI is InChI=1S/C17H27N/c1-3-18-13-17(16-6-4-5-7-16)12-15-10-8-14(2)9-11-15/h8-11,16-18H,3-7,12-13H2,1-2H3. The third kappa shape index (κ3) is 3.84. The summed E-state index contributed by atoms with van der Waals surface area (Å²) in [6.07, 6.45) is 7.03. The Hall–Kier alpha value is -0.820. The van der Waals surface area contributed by atoms with Gasteiger partial charge in [0.1, 0.15) is 0 Å². The lowest BCUT2D eigenvalue weighted by Gasteiger charge is -2.24. The number of nitrogens with one attached hydrogen (secondary N) is 1. The Morgan fingerprint density at radius 1 is 1.17 bits per heavy atom. The number of hydrogen-bond donors (Lipinski definition) is 1. The number of hydrogen-bond acceptors (Lipinski definition) is 1. The molecule has 1 unspecified atom stereocenters. The molecule has 0 spiro atoms. The lowest BCUT2D eigenvalue weighted by molar-refractivity contribution is 0.323. The van der Waals surface area contributed by atoms with Crippen molar-refractivity contribution in [1.29, 1.82) is 0 Å². The Bertz CT molecular complexity index is 335. The van der Waals surface area contributed by atoms with Crippen LogP contribution in [0.3, 0.4) is 0 Å². The highest BCUT2D eigenvalue weighted by Crippen LogP contribution is 2.33. The molecule has 1 atom stereocenters. The van der Waals surface area contributed by atoms with E-state index >= 15 is 0 Å². The van der Waals surface area contributed by atoms with Gasteiger partial charge >= 0.3 is 0 Å². The Balaban J connectivity index is 1.97. The first-order valence-corrected chi connectivity index (χ1v) is 7.56. The van der Waals surface area contributed by atoms with Crippen molar-refractivity contribution in [2.45, 2.75) is 46.0 Å².